The Balaban J connectivity index is 0. The van der Waals surface area contributed by atoms with E-state index in [1.165, 1.54) is 0 Å². The number of nitrogens with zero attached hydrogens (tertiary/aromatic N) is 1. The van der Waals surface area contributed by atoms with Gasteiger partial charge in [-0.15, -0.1) is 0 Å². The molecule has 0 atom stereocenters. The van der Waals surface area contributed by atoms with E-state index in [4.69, 9.17) is 11.6 Å². The Labute approximate surface area is 109 Å². The van der Waals surface area contributed by atoms with E-state index in [9.17, 15) is 8.78 Å². The van der Waals surface area contributed by atoms with Crippen LogP contribution in [0.2, 0.25) is 5.02 Å². The Kier molecular flexibility index (Phi) is 8.36. The second-order valence-corrected chi connectivity index (χ2v) is 1.86. The summed E-state index contributed by atoms with van der Waals surface area (Å²) in [5, 5.41) is 0.0916. The van der Waals surface area contributed by atoms with E-state index in [-0.39, 0.29) is 61.1 Å². The van der Waals surface area contributed by atoms with Crippen LogP contribution in [0.15, 0.2) is 12.3 Å². The third-order valence-electron chi connectivity index (χ3n) is 0.763. The van der Waals surface area contributed by atoms with Crippen LogP contribution in [0.3, 0.4) is 0 Å². The molecule has 11 heavy (non-hydrogen) atoms. The van der Waals surface area contributed by atoms with Crippen molar-refractivity contribution in [1.29, 1.82) is 0 Å². The van der Waals surface area contributed by atoms with Gasteiger partial charge in [0, 0.05) is 6.20 Å². The molecule has 0 spiro atoms. The van der Waals surface area contributed by atoms with Gasteiger partial charge in [0.2, 0.25) is 5.95 Å². The quantitative estimate of drug-likeness (QED) is 0.313. The maximum atomic E-state index is 12.1. The molecular formula is C5H2ClF3KN. The molecule has 0 fully saturated rings. The molecule has 0 aliphatic carbocycles. The standard InChI is InChI=1S/C5H2ClF2N.FH.K/c6-3-1-4(7)5(8)9-2-3;;/h1-2H;1H;/q;;+1/p-1. The van der Waals surface area contributed by atoms with E-state index < -0.39 is 11.8 Å². The molecule has 56 valence electrons. The van der Waals surface area contributed by atoms with Crippen molar-refractivity contribution in [2.45, 2.75) is 0 Å². The van der Waals surface area contributed by atoms with Crippen molar-refractivity contribution in [3.05, 3.63) is 29.1 Å². The zero-order valence-corrected chi connectivity index (χ0v) is 9.49. The molecule has 1 aromatic heterocycles. The number of halogens is 4. The number of hydrogen-bond acceptors (Lipinski definition) is 1. The van der Waals surface area contributed by atoms with Crippen LogP contribution in [0.5, 0.6) is 0 Å². The van der Waals surface area contributed by atoms with Gasteiger partial charge in [-0.2, -0.15) is 4.39 Å². The van der Waals surface area contributed by atoms with Crippen LogP contribution in [-0.2, 0) is 0 Å². The van der Waals surface area contributed by atoms with Crippen LogP contribution in [0.4, 0.5) is 8.78 Å². The first-order valence-corrected chi connectivity index (χ1v) is 2.54. The largest absolute Gasteiger partial charge is 1.00 e. The summed E-state index contributed by atoms with van der Waals surface area (Å²) < 4.78 is 24.0. The van der Waals surface area contributed by atoms with E-state index in [2.05, 4.69) is 4.98 Å². The van der Waals surface area contributed by atoms with Gasteiger partial charge >= 0.3 is 51.4 Å². The van der Waals surface area contributed by atoms with Gasteiger partial charge in [0.15, 0.2) is 5.82 Å². The molecule has 0 bridgehead atoms. The Bertz CT molecular complexity index is 233. The van der Waals surface area contributed by atoms with Crippen molar-refractivity contribution in [3.8, 4) is 0 Å². The molecule has 0 aliphatic rings. The van der Waals surface area contributed by atoms with E-state index in [1.807, 2.05) is 0 Å². The Morgan fingerprint density at radius 1 is 1.36 bits per heavy atom. The first-order valence-electron chi connectivity index (χ1n) is 2.16. The third-order valence-corrected chi connectivity index (χ3v) is 0.970. The summed E-state index contributed by atoms with van der Waals surface area (Å²) in [4.78, 5) is 3.00. The van der Waals surface area contributed by atoms with Crippen molar-refractivity contribution in [3.63, 3.8) is 0 Å². The number of hydrogen-bond donors (Lipinski definition) is 0. The van der Waals surface area contributed by atoms with Crippen molar-refractivity contribution in [1.82, 2.24) is 4.98 Å². The third kappa shape index (κ3) is 4.44. The van der Waals surface area contributed by atoms with Crippen LogP contribution in [-0.4, -0.2) is 4.98 Å². The Morgan fingerprint density at radius 2 is 1.91 bits per heavy atom. The Hall–Kier alpha value is 0.866. The van der Waals surface area contributed by atoms with Gasteiger partial charge < -0.3 is 4.70 Å². The minimum Gasteiger partial charge on any atom is -1.00 e. The van der Waals surface area contributed by atoms with E-state index in [0.717, 1.165) is 12.3 Å². The van der Waals surface area contributed by atoms with Crippen LogP contribution in [0.1, 0.15) is 0 Å². The average molecular weight is 208 g/mol. The normalized spacial score (nSPS) is 7.91. The summed E-state index contributed by atoms with van der Waals surface area (Å²) in [6, 6.07) is 0.865. The van der Waals surface area contributed by atoms with Crippen LogP contribution < -0.4 is 56.1 Å². The van der Waals surface area contributed by atoms with Gasteiger partial charge in [0.25, 0.3) is 0 Å². The molecule has 1 rings (SSSR count). The van der Waals surface area contributed by atoms with Crippen molar-refractivity contribution in [2.24, 2.45) is 0 Å². The molecule has 6 heteroatoms. The molecular weight excluding hydrogens is 206 g/mol. The summed E-state index contributed by atoms with van der Waals surface area (Å²) in [5.74, 6) is -2.15. The first kappa shape index (κ1) is 14.4. The maximum absolute atomic E-state index is 12.1. The van der Waals surface area contributed by atoms with E-state index in [1.54, 1.807) is 0 Å². The first-order chi connectivity index (χ1) is 4.20. The van der Waals surface area contributed by atoms with Crippen LogP contribution in [0.25, 0.3) is 0 Å². The SMILES string of the molecule is Fc1cc(Cl)cnc1F.[F-].[K+]. The van der Waals surface area contributed by atoms with Crippen LogP contribution in [0, 0.1) is 11.8 Å². The smallest absolute Gasteiger partial charge is 1.00 e. The topological polar surface area (TPSA) is 12.9 Å². The van der Waals surface area contributed by atoms with Gasteiger partial charge in [-0.1, -0.05) is 11.6 Å². The van der Waals surface area contributed by atoms with Crippen LogP contribution >= 0.6 is 11.6 Å². The zero-order chi connectivity index (χ0) is 6.85. The summed E-state index contributed by atoms with van der Waals surface area (Å²) >= 11 is 5.25. The van der Waals surface area contributed by atoms with E-state index >= 15 is 0 Å². The summed E-state index contributed by atoms with van der Waals surface area (Å²) in [6.07, 6.45) is 1.04. The van der Waals surface area contributed by atoms with Crippen molar-refractivity contribution in [2.75, 3.05) is 0 Å². The fourth-order valence-electron chi connectivity index (χ4n) is 0.398. The Morgan fingerprint density at radius 3 is 2.27 bits per heavy atom. The molecule has 0 N–H and O–H groups in total. The van der Waals surface area contributed by atoms with Gasteiger partial charge in [0.05, 0.1) is 5.02 Å². The summed E-state index contributed by atoms with van der Waals surface area (Å²) in [6.45, 7) is 0. The molecule has 0 unspecified atom stereocenters. The van der Waals surface area contributed by atoms with Gasteiger partial charge in [-0.3, -0.25) is 0 Å². The number of aromatic nitrogens is 1. The van der Waals surface area contributed by atoms with Gasteiger partial charge in [0.1, 0.15) is 0 Å². The molecule has 0 radical (unpaired) electrons. The molecule has 0 amide bonds. The monoisotopic (exact) mass is 207 g/mol. The summed E-state index contributed by atoms with van der Waals surface area (Å²) in [7, 11) is 0. The maximum Gasteiger partial charge on any atom is 1.00 e. The van der Waals surface area contributed by atoms with Gasteiger partial charge in [-0.25, -0.2) is 9.37 Å². The zero-order valence-electron chi connectivity index (χ0n) is 5.61. The molecule has 0 saturated heterocycles. The second-order valence-electron chi connectivity index (χ2n) is 1.43. The molecule has 0 saturated carbocycles. The summed E-state index contributed by atoms with van der Waals surface area (Å²) in [5.41, 5.74) is 0. The minimum atomic E-state index is -1.13. The second kappa shape index (κ2) is 6.39. The molecule has 0 aliphatic heterocycles. The average Bonchev–Trinajstić information content (AvgIpc) is 1.80. The molecule has 1 nitrogen and oxygen atoms in total. The molecule has 1 aromatic rings. The predicted octanol–water partition coefficient (Wildman–Crippen LogP) is -3.98. The van der Waals surface area contributed by atoms with Gasteiger partial charge in [-0.05, 0) is 6.07 Å². The predicted molar refractivity (Wildman–Crippen MR) is 29.2 cm³/mol. The number of rotatable bonds is 0. The van der Waals surface area contributed by atoms with Crippen molar-refractivity contribution < 1.29 is 64.9 Å². The molecule has 0 aromatic carbocycles. The van der Waals surface area contributed by atoms with Crippen molar-refractivity contribution >= 4 is 11.6 Å². The fraction of sp³-hybridized carbons (Fsp3) is 0. The molecule has 1 heterocycles. The fourth-order valence-corrected chi connectivity index (χ4v) is 0.542. The minimum absolute atomic E-state index is 0. The van der Waals surface area contributed by atoms with E-state index in [0.29, 0.717) is 0 Å². The number of pyridine rings is 1.